The van der Waals surface area contributed by atoms with Gasteiger partial charge in [-0.2, -0.15) is 0 Å². The first kappa shape index (κ1) is 9.52. The largest absolute Gasteiger partial charge is 0.481 e. The summed E-state index contributed by atoms with van der Waals surface area (Å²) < 4.78 is 5.41. The number of carboxylic acids is 1. The van der Waals surface area contributed by atoms with Crippen LogP contribution >= 0.6 is 0 Å². The van der Waals surface area contributed by atoms with Crippen LogP contribution < -0.4 is 0 Å². The highest BCUT2D eigenvalue weighted by Crippen LogP contribution is 2.45. The van der Waals surface area contributed by atoms with Gasteiger partial charge in [0.25, 0.3) is 0 Å². The molecule has 1 heterocycles. The Morgan fingerprint density at radius 2 is 2.08 bits per heavy atom. The third-order valence-electron chi connectivity index (χ3n) is 2.69. The quantitative estimate of drug-likeness (QED) is 0.689. The Labute approximate surface area is 72.7 Å². The first-order valence-electron chi connectivity index (χ1n) is 4.23. The van der Waals surface area contributed by atoms with Gasteiger partial charge in [0.2, 0.25) is 0 Å². The Hall–Kier alpha value is -0.570. The second-order valence-electron chi connectivity index (χ2n) is 4.41. The van der Waals surface area contributed by atoms with Crippen molar-refractivity contribution in [1.82, 2.24) is 0 Å². The maximum atomic E-state index is 10.6. The summed E-state index contributed by atoms with van der Waals surface area (Å²) in [5, 5.41) is 8.70. The molecule has 0 spiro atoms. The van der Waals surface area contributed by atoms with Crippen molar-refractivity contribution in [3.05, 3.63) is 0 Å². The van der Waals surface area contributed by atoms with Crippen LogP contribution in [-0.2, 0) is 9.53 Å². The van der Waals surface area contributed by atoms with Crippen molar-refractivity contribution in [2.75, 3.05) is 6.61 Å². The van der Waals surface area contributed by atoms with E-state index in [0.717, 1.165) is 6.42 Å². The Morgan fingerprint density at radius 1 is 1.58 bits per heavy atom. The van der Waals surface area contributed by atoms with Crippen molar-refractivity contribution >= 4 is 5.97 Å². The summed E-state index contributed by atoms with van der Waals surface area (Å²) >= 11 is 0. The lowest BCUT2D eigenvalue weighted by molar-refractivity contribution is -0.213. The normalized spacial score (nSPS) is 29.6. The van der Waals surface area contributed by atoms with Gasteiger partial charge in [-0.15, -0.1) is 0 Å². The van der Waals surface area contributed by atoms with Crippen molar-refractivity contribution in [3.63, 3.8) is 0 Å². The van der Waals surface area contributed by atoms with Crippen molar-refractivity contribution in [1.29, 1.82) is 0 Å². The molecule has 1 unspecified atom stereocenters. The Kier molecular flexibility index (Phi) is 2.17. The molecule has 12 heavy (non-hydrogen) atoms. The Morgan fingerprint density at radius 3 is 2.17 bits per heavy atom. The molecule has 0 aliphatic carbocycles. The number of aliphatic carboxylic acids is 1. The minimum absolute atomic E-state index is 0.0797. The molecule has 1 aliphatic rings. The van der Waals surface area contributed by atoms with E-state index in [0.29, 0.717) is 6.61 Å². The molecule has 3 nitrogen and oxygen atoms in total. The molecule has 3 heteroatoms. The fraction of sp³-hybridized carbons (Fsp3) is 0.889. The van der Waals surface area contributed by atoms with Crippen LogP contribution in [0.25, 0.3) is 0 Å². The maximum Gasteiger partial charge on any atom is 0.306 e. The molecule has 1 atom stereocenters. The first-order valence-corrected chi connectivity index (χ1v) is 4.23. The zero-order chi connectivity index (χ0) is 9.41. The third-order valence-corrected chi connectivity index (χ3v) is 2.69. The topological polar surface area (TPSA) is 46.5 Å². The monoisotopic (exact) mass is 172 g/mol. The Balaban J connectivity index is 2.70. The van der Waals surface area contributed by atoms with E-state index < -0.39 is 11.6 Å². The molecule has 0 aromatic carbocycles. The Bertz CT molecular complexity index is 186. The zero-order valence-electron chi connectivity index (χ0n) is 7.89. The summed E-state index contributed by atoms with van der Waals surface area (Å²) in [6.45, 7) is 6.77. The highest BCUT2D eigenvalue weighted by atomic mass is 16.5. The lowest BCUT2D eigenvalue weighted by Crippen LogP contribution is -2.54. The molecule has 1 fully saturated rings. The molecule has 1 rings (SSSR count). The maximum absolute atomic E-state index is 10.6. The average molecular weight is 172 g/mol. The number of hydrogen-bond acceptors (Lipinski definition) is 2. The standard InChI is InChI=1S/C9H16O3/c1-8(2,3)9(4-5-12-9)6-7(10)11/h4-6H2,1-3H3,(H,10,11). The number of hydrogen-bond donors (Lipinski definition) is 1. The molecule has 1 saturated heterocycles. The van der Waals surface area contributed by atoms with Crippen molar-refractivity contribution in [2.45, 2.75) is 39.2 Å². The summed E-state index contributed by atoms with van der Waals surface area (Å²) in [7, 11) is 0. The fourth-order valence-corrected chi connectivity index (χ4v) is 1.59. The molecule has 1 aliphatic heterocycles. The molecular weight excluding hydrogens is 156 g/mol. The van der Waals surface area contributed by atoms with Crippen LogP contribution in [0.5, 0.6) is 0 Å². The predicted octanol–water partition coefficient (Wildman–Crippen LogP) is 1.67. The molecule has 0 aromatic rings. The summed E-state index contributed by atoms with van der Waals surface area (Å²) in [5.74, 6) is -0.773. The van der Waals surface area contributed by atoms with E-state index in [1.54, 1.807) is 0 Å². The number of ether oxygens (including phenoxy) is 1. The zero-order valence-corrected chi connectivity index (χ0v) is 7.89. The number of carbonyl (C=O) groups is 1. The van der Waals surface area contributed by atoms with Gasteiger partial charge in [0.15, 0.2) is 0 Å². The average Bonchev–Trinajstić information content (AvgIpc) is 1.74. The predicted molar refractivity (Wildman–Crippen MR) is 45.0 cm³/mol. The van der Waals surface area contributed by atoms with E-state index >= 15 is 0 Å². The highest BCUT2D eigenvalue weighted by molar-refractivity contribution is 5.68. The lowest BCUT2D eigenvalue weighted by Gasteiger charge is -2.50. The van der Waals surface area contributed by atoms with E-state index in [2.05, 4.69) is 0 Å². The minimum Gasteiger partial charge on any atom is -0.481 e. The molecular formula is C9H16O3. The van der Waals surface area contributed by atoms with Crippen LogP contribution in [0.1, 0.15) is 33.6 Å². The molecule has 0 aromatic heterocycles. The van der Waals surface area contributed by atoms with E-state index in [-0.39, 0.29) is 11.8 Å². The van der Waals surface area contributed by atoms with Gasteiger partial charge in [-0.25, -0.2) is 0 Å². The van der Waals surface area contributed by atoms with E-state index in [9.17, 15) is 4.79 Å². The van der Waals surface area contributed by atoms with Gasteiger partial charge < -0.3 is 9.84 Å². The van der Waals surface area contributed by atoms with Crippen molar-refractivity contribution in [3.8, 4) is 0 Å². The van der Waals surface area contributed by atoms with Gasteiger partial charge in [0.1, 0.15) is 0 Å². The molecule has 70 valence electrons. The van der Waals surface area contributed by atoms with E-state index in [4.69, 9.17) is 9.84 Å². The van der Waals surface area contributed by atoms with Crippen LogP contribution in [0.4, 0.5) is 0 Å². The van der Waals surface area contributed by atoms with Crippen molar-refractivity contribution in [2.24, 2.45) is 5.41 Å². The third kappa shape index (κ3) is 1.46. The van der Waals surface area contributed by atoms with Gasteiger partial charge >= 0.3 is 5.97 Å². The van der Waals surface area contributed by atoms with Crippen LogP contribution in [0.15, 0.2) is 0 Å². The van der Waals surface area contributed by atoms with Gasteiger partial charge in [0.05, 0.1) is 18.6 Å². The van der Waals surface area contributed by atoms with Gasteiger partial charge in [-0.3, -0.25) is 4.79 Å². The molecule has 0 bridgehead atoms. The summed E-state index contributed by atoms with van der Waals surface area (Å²) in [5.41, 5.74) is -0.498. The minimum atomic E-state index is -0.773. The van der Waals surface area contributed by atoms with Gasteiger partial charge in [0, 0.05) is 6.42 Å². The lowest BCUT2D eigenvalue weighted by atomic mass is 9.70. The van der Waals surface area contributed by atoms with Crippen LogP contribution in [0, 0.1) is 5.41 Å². The highest BCUT2D eigenvalue weighted by Gasteiger charge is 2.49. The van der Waals surface area contributed by atoms with Crippen LogP contribution in [-0.4, -0.2) is 23.3 Å². The first-order chi connectivity index (χ1) is 5.37. The van der Waals surface area contributed by atoms with Gasteiger partial charge in [-0.05, 0) is 5.41 Å². The molecule has 0 saturated carbocycles. The fourth-order valence-electron chi connectivity index (χ4n) is 1.59. The summed E-state index contributed by atoms with van der Waals surface area (Å²) in [6, 6.07) is 0. The number of rotatable bonds is 2. The SMILES string of the molecule is CC(C)(C)C1(CC(=O)O)CCO1. The molecule has 0 radical (unpaired) electrons. The summed E-state index contributed by atoms with van der Waals surface area (Å²) in [6.07, 6.45) is 0.985. The smallest absolute Gasteiger partial charge is 0.306 e. The van der Waals surface area contributed by atoms with E-state index in [1.165, 1.54) is 0 Å². The molecule has 0 amide bonds. The van der Waals surface area contributed by atoms with Gasteiger partial charge in [-0.1, -0.05) is 20.8 Å². The molecule has 1 N–H and O–H groups in total. The van der Waals surface area contributed by atoms with Crippen LogP contribution in [0.3, 0.4) is 0 Å². The number of carboxylic acid groups (broad SMARTS) is 1. The summed E-state index contributed by atoms with van der Waals surface area (Å²) in [4.78, 5) is 10.6. The van der Waals surface area contributed by atoms with Crippen LogP contribution in [0.2, 0.25) is 0 Å². The second kappa shape index (κ2) is 2.73. The second-order valence-corrected chi connectivity index (χ2v) is 4.41. The van der Waals surface area contributed by atoms with E-state index in [1.807, 2.05) is 20.8 Å². The van der Waals surface area contributed by atoms with Crippen molar-refractivity contribution < 1.29 is 14.6 Å².